The Morgan fingerprint density at radius 2 is 1.79 bits per heavy atom. The molecule has 0 aliphatic carbocycles. The van der Waals surface area contributed by atoms with Gasteiger partial charge in [-0.3, -0.25) is 4.98 Å². The number of pyridine rings is 1. The summed E-state index contributed by atoms with van der Waals surface area (Å²) >= 11 is 6.19. The number of halogens is 3. The first-order valence-corrected chi connectivity index (χ1v) is 9.50. The molecule has 0 atom stereocenters. The number of anilines is 2. The van der Waals surface area contributed by atoms with E-state index in [1.807, 2.05) is 30.0 Å². The van der Waals surface area contributed by atoms with E-state index in [1.54, 1.807) is 24.5 Å². The van der Waals surface area contributed by atoms with Gasteiger partial charge in [0.25, 0.3) is 0 Å². The van der Waals surface area contributed by atoms with Crippen LogP contribution in [0.5, 0.6) is 0 Å². The molecule has 4 aromatic rings. The first kappa shape index (κ1) is 19.2. The normalized spacial score (nSPS) is 11.0. The van der Waals surface area contributed by atoms with Crippen molar-refractivity contribution in [3.63, 3.8) is 0 Å². The molecule has 7 heteroatoms. The van der Waals surface area contributed by atoms with Gasteiger partial charge in [0, 0.05) is 34.7 Å². The van der Waals surface area contributed by atoms with Crippen LogP contribution in [0.4, 0.5) is 20.4 Å². The molecule has 0 amide bonds. The number of rotatable bonds is 5. The van der Waals surface area contributed by atoms with Crippen molar-refractivity contribution < 1.29 is 8.78 Å². The van der Waals surface area contributed by atoms with Crippen molar-refractivity contribution in [2.45, 2.75) is 19.9 Å². The minimum absolute atomic E-state index is 0.00390. The first-order valence-electron chi connectivity index (χ1n) is 9.12. The molecule has 29 heavy (non-hydrogen) atoms. The van der Waals surface area contributed by atoms with Crippen LogP contribution in [0.2, 0.25) is 5.02 Å². The lowest BCUT2D eigenvalue weighted by atomic mass is 10.1. The second-order valence-electron chi connectivity index (χ2n) is 6.54. The van der Waals surface area contributed by atoms with E-state index in [-0.39, 0.29) is 5.52 Å². The number of hydrogen-bond acceptors (Lipinski definition) is 4. The number of hydrogen-bond donors (Lipinski definition) is 0. The van der Waals surface area contributed by atoms with E-state index in [0.29, 0.717) is 22.9 Å². The molecule has 4 rings (SSSR count). The average molecular weight is 411 g/mol. The Morgan fingerprint density at radius 3 is 2.52 bits per heavy atom. The summed E-state index contributed by atoms with van der Waals surface area (Å²) in [5, 5.41) is 1.11. The van der Waals surface area contributed by atoms with Crippen molar-refractivity contribution in [1.82, 2.24) is 15.0 Å². The number of aromatic nitrogens is 3. The van der Waals surface area contributed by atoms with Crippen molar-refractivity contribution in [2.75, 3.05) is 4.90 Å². The van der Waals surface area contributed by atoms with E-state index in [1.165, 1.54) is 12.3 Å². The standard InChI is InChI=1S/C22H17ClF2N4/c1-2-14-11-27-22(28-12-14)29(17-5-3-4-16(23)10-17)13-15-8-9-26-21-18(15)6-7-19(24)20(21)25/h3-12H,2,13H2,1H3. The van der Waals surface area contributed by atoms with E-state index in [9.17, 15) is 8.78 Å². The Hall–Kier alpha value is -3.12. The molecule has 0 saturated heterocycles. The van der Waals surface area contributed by atoms with Gasteiger partial charge in [-0.2, -0.15) is 0 Å². The SMILES string of the molecule is CCc1cnc(N(Cc2ccnc3c(F)c(F)ccc23)c2cccc(Cl)c2)nc1. The van der Waals surface area contributed by atoms with E-state index < -0.39 is 11.6 Å². The monoisotopic (exact) mass is 410 g/mol. The topological polar surface area (TPSA) is 41.9 Å². The second kappa shape index (κ2) is 8.09. The summed E-state index contributed by atoms with van der Waals surface area (Å²) in [5.74, 6) is -1.40. The van der Waals surface area contributed by atoms with Crippen LogP contribution in [0.1, 0.15) is 18.1 Å². The highest BCUT2D eigenvalue weighted by Crippen LogP contribution is 2.29. The van der Waals surface area contributed by atoms with Gasteiger partial charge in [0.1, 0.15) is 5.52 Å². The number of nitrogens with zero attached hydrogens (tertiary/aromatic N) is 4. The summed E-state index contributed by atoms with van der Waals surface area (Å²) in [5.41, 5.74) is 2.56. The van der Waals surface area contributed by atoms with Gasteiger partial charge in [-0.1, -0.05) is 24.6 Å². The first-order chi connectivity index (χ1) is 14.1. The highest BCUT2D eigenvalue weighted by Gasteiger charge is 2.17. The van der Waals surface area contributed by atoms with E-state index in [0.717, 1.165) is 29.3 Å². The lowest BCUT2D eigenvalue weighted by molar-refractivity contribution is 0.515. The van der Waals surface area contributed by atoms with Crippen LogP contribution < -0.4 is 4.90 Å². The Morgan fingerprint density at radius 1 is 1.00 bits per heavy atom. The zero-order chi connectivity index (χ0) is 20.4. The molecule has 4 nitrogen and oxygen atoms in total. The summed E-state index contributed by atoms with van der Waals surface area (Å²) < 4.78 is 27.8. The molecule has 2 aromatic carbocycles. The second-order valence-corrected chi connectivity index (χ2v) is 6.97. The molecule has 0 bridgehead atoms. The van der Waals surface area contributed by atoms with Crippen LogP contribution in [-0.4, -0.2) is 15.0 Å². The smallest absolute Gasteiger partial charge is 0.230 e. The van der Waals surface area contributed by atoms with Crippen LogP contribution >= 0.6 is 11.6 Å². The predicted molar refractivity (Wildman–Crippen MR) is 110 cm³/mol. The molecule has 0 N–H and O–H groups in total. The molecule has 0 radical (unpaired) electrons. The van der Waals surface area contributed by atoms with Gasteiger partial charge in [-0.25, -0.2) is 18.7 Å². The van der Waals surface area contributed by atoms with Gasteiger partial charge in [0.05, 0.1) is 6.54 Å². The average Bonchev–Trinajstić information content (AvgIpc) is 2.75. The van der Waals surface area contributed by atoms with Gasteiger partial charge in [-0.05, 0) is 53.9 Å². The van der Waals surface area contributed by atoms with Crippen molar-refractivity contribution in [3.05, 3.63) is 88.8 Å². The lowest BCUT2D eigenvalue weighted by Crippen LogP contribution is -2.19. The molecule has 0 aliphatic heterocycles. The molecular formula is C22H17ClF2N4. The highest BCUT2D eigenvalue weighted by atomic mass is 35.5. The summed E-state index contributed by atoms with van der Waals surface area (Å²) in [4.78, 5) is 14.9. The zero-order valence-electron chi connectivity index (χ0n) is 15.6. The minimum Gasteiger partial charge on any atom is -0.306 e. The van der Waals surface area contributed by atoms with E-state index >= 15 is 0 Å². The third-order valence-corrected chi connectivity index (χ3v) is 4.92. The maximum atomic E-state index is 14.2. The maximum Gasteiger partial charge on any atom is 0.230 e. The van der Waals surface area contributed by atoms with Crippen LogP contribution in [0.3, 0.4) is 0 Å². The van der Waals surface area contributed by atoms with Gasteiger partial charge >= 0.3 is 0 Å². The Balaban J connectivity index is 1.82. The molecule has 0 spiro atoms. The third kappa shape index (κ3) is 3.89. The van der Waals surface area contributed by atoms with Crippen LogP contribution in [0, 0.1) is 11.6 Å². The summed E-state index contributed by atoms with van der Waals surface area (Å²) in [6.45, 7) is 2.36. The highest BCUT2D eigenvalue weighted by molar-refractivity contribution is 6.30. The summed E-state index contributed by atoms with van der Waals surface area (Å²) in [7, 11) is 0. The van der Waals surface area contributed by atoms with Crippen LogP contribution in [0.15, 0.2) is 61.1 Å². The van der Waals surface area contributed by atoms with Crippen LogP contribution in [-0.2, 0) is 13.0 Å². The van der Waals surface area contributed by atoms with Gasteiger partial charge in [-0.15, -0.1) is 0 Å². The molecular weight excluding hydrogens is 394 g/mol. The third-order valence-electron chi connectivity index (χ3n) is 4.68. The minimum atomic E-state index is -0.956. The largest absolute Gasteiger partial charge is 0.306 e. The molecule has 2 aromatic heterocycles. The number of fused-ring (bicyclic) bond motifs is 1. The molecule has 0 saturated carbocycles. The molecule has 0 aliphatic rings. The predicted octanol–water partition coefficient (Wildman–Crippen LogP) is 5.86. The fourth-order valence-electron chi connectivity index (χ4n) is 3.12. The lowest BCUT2D eigenvalue weighted by Gasteiger charge is -2.24. The zero-order valence-corrected chi connectivity index (χ0v) is 16.4. The summed E-state index contributed by atoms with van der Waals surface area (Å²) in [6, 6.07) is 11.7. The number of aryl methyl sites for hydroxylation is 1. The molecule has 2 heterocycles. The van der Waals surface area contributed by atoms with Crippen molar-refractivity contribution in [2.24, 2.45) is 0 Å². The fraction of sp³-hybridized carbons (Fsp3) is 0.136. The van der Waals surface area contributed by atoms with Gasteiger partial charge < -0.3 is 4.90 Å². The Kier molecular flexibility index (Phi) is 5.36. The van der Waals surface area contributed by atoms with Gasteiger partial charge in [0.2, 0.25) is 5.95 Å². The van der Waals surface area contributed by atoms with Crippen molar-refractivity contribution in [1.29, 1.82) is 0 Å². The van der Waals surface area contributed by atoms with Crippen molar-refractivity contribution in [3.8, 4) is 0 Å². The maximum absolute atomic E-state index is 14.2. The Labute approximate surface area is 171 Å². The quantitative estimate of drug-likeness (QED) is 0.413. The van der Waals surface area contributed by atoms with E-state index in [4.69, 9.17) is 11.6 Å². The fourth-order valence-corrected chi connectivity index (χ4v) is 3.30. The van der Waals surface area contributed by atoms with E-state index in [2.05, 4.69) is 15.0 Å². The molecule has 146 valence electrons. The van der Waals surface area contributed by atoms with Crippen molar-refractivity contribution >= 4 is 34.1 Å². The Bertz CT molecular complexity index is 1170. The number of benzene rings is 2. The van der Waals surface area contributed by atoms with Gasteiger partial charge in [0.15, 0.2) is 11.6 Å². The molecule has 0 fully saturated rings. The van der Waals surface area contributed by atoms with Crippen LogP contribution in [0.25, 0.3) is 10.9 Å². The molecule has 0 unspecified atom stereocenters. The summed E-state index contributed by atoms with van der Waals surface area (Å²) in [6.07, 6.45) is 5.85.